The van der Waals surface area contributed by atoms with Crippen molar-refractivity contribution in [3.63, 3.8) is 0 Å². The molecule has 8 atom stereocenters. The Kier molecular flexibility index (Phi) is 5.64. The summed E-state index contributed by atoms with van der Waals surface area (Å²) in [5.41, 5.74) is 2.56. The Balaban J connectivity index is 1.30. The van der Waals surface area contributed by atoms with Gasteiger partial charge < -0.3 is 14.9 Å². The predicted molar refractivity (Wildman–Crippen MR) is 124 cm³/mol. The molecule has 4 fully saturated rings. The second kappa shape index (κ2) is 7.89. The number of nitrogens with zero attached hydrogens (tertiary/aromatic N) is 2. The van der Waals surface area contributed by atoms with Crippen LogP contribution in [-0.4, -0.2) is 60.8 Å². The summed E-state index contributed by atoms with van der Waals surface area (Å²) >= 11 is 0. The molecule has 3 nitrogen and oxygen atoms in total. The van der Waals surface area contributed by atoms with E-state index in [-0.39, 0.29) is 6.10 Å². The van der Waals surface area contributed by atoms with Crippen molar-refractivity contribution in [1.29, 1.82) is 0 Å². The highest BCUT2D eigenvalue weighted by Crippen LogP contribution is 2.67. The van der Waals surface area contributed by atoms with E-state index in [1.807, 2.05) is 0 Å². The van der Waals surface area contributed by atoms with E-state index in [2.05, 4.69) is 43.7 Å². The minimum atomic E-state index is -0.0824. The Morgan fingerprint density at radius 2 is 1.80 bits per heavy atom. The first-order valence-electron chi connectivity index (χ1n) is 13.1. The molecule has 3 saturated carbocycles. The first-order chi connectivity index (χ1) is 14.3. The summed E-state index contributed by atoms with van der Waals surface area (Å²) in [7, 11) is 2.26. The molecule has 3 heteroatoms. The molecule has 0 bridgehead atoms. The SMILES string of the molecule is C[C@H](CN1CCN(C)CC1)[C@H]1CCC2C3CC=C4C[C@@H](O)CC[C@]4(C)C3CC[C@@]21C. The Hall–Kier alpha value is -0.380. The fraction of sp³-hybridized carbons (Fsp3) is 0.926. The summed E-state index contributed by atoms with van der Waals surface area (Å²) in [6, 6.07) is 0. The van der Waals surface area contributed by atoms with Crippen LogP contribution < -0.4 is 0 Å². The van der Waals surface area contributed by atoms with Gasteiger partial charge in [-0.3, -0.25) is 0 Å². The average molecular weight is 415 g/mol. The molecule has 1 saturated heterocycles. The minimum absolute atomic E-state index is 0.0824. The van der Waals surface area contributed by atoms with Crippen molar-refractivity contribution >= 4 is 0 Å². The van der Waals surface area contributed by atoms with E-state index in [0.29, 0.717) is 10.8 Å². The summed E-state index contributed by atoms with van der Waals surface area (Å²) in [5.74, 6) is 4.44. The molecule has 0 aromatic heterocycles. The van der Waals surface area contributed by atoms with Gasteiger partial charge >= 0.3 is 0 Å². The number of hydrogen-bond donors (Lipinski definition) is 1. The maximum Gasteiger partial charge on any atom is 0.0577 e. The third-order valence-electron chi connectivity index (χ3n) is 11.0. The zero-order valence-electron chi connectivity index (χ0n) is 20.1. The molecule has 1 heterocycles. The van der Waals surface area contributed by atoms with Crippen LogP contribution in [0, 0.1) is 40.4 Å². The number of rotatable bonds is 3. The summed E-state index contributed by atoms with van der Waals surface area (Å²) < 4.78 is 0. The average Bonchev–Trinajstić information content (AvgIpc) is 3.07. The van der Waals surface area contributed by atoms with Crippen molar-refractivity contribution in [1.82, 2.24) is 9.80 Å². The van der Waals surface area contributed by atoms with Crippen molar-refractivity contribution in [2.75, 3.05) is 39.8 Å². The molecule has 5 rings (SSSR count). The number of fused-ring (bicyclic) bond motifs is 5. The number of hydrogen-bond acceptors (Lipinski definition) is 3. The second-order valence-electron chi connectivity index (χ2n) is 12.5. The Morgan fingerprint density at radius 3 is 2.57 bits per heavy atom. The molecule has 1 aliphatic heterocycles. The van der Waals surface area contributed by atoms with E-state index >= 15 is 0 Å². The quantitative estimate of drug-likeness (QED) is 0.671. The van der Waals surface area contributed by atoms with E-state index in [1.165, 1.54) is 71.2 Å². The van der Waals surface area contributed by atoms with Crippen LogP contribution in [0.5, 0.6) is 0 Å². The maximum atomic E-state index is 10.2. The largest absolute Gasteiger partial charge is 0.393 e. The molecular weight excluding hydrogens is 368 g/mol. The normalized spacial score (nSPS) is 48.4. The van der Waals surface area contributed by atoms with Crippen molar-refractivity contribution in [2.24, 2.45) is 40.4 Å². The van der Waals surface area contributed by atoms with Gasteiger partial charge in [-0.15, -0.1) is 0 Å². The van der Waals surface area contributed by atoms with Gasteiger partial charge in [0.15, 0.2) is 0 Å². The highest BCUT2D eigenvalue weighted by Gasteiger charge is 2.59. The number of likely N-dealkylation sites (N-methyl/N-ethyl adjacent to an activating group) is 1. The number of aliphatic hydroxyl groups is 1. The summed E-state index contributed by atoms with van der Waals surface area (Å²) in [5, 5.41) is 10.2. The molecule has 1 N–H and O–H groups in total. The molecule has 0 aromatic carbocycles. The lowest BCUT2D eigenvalue weighted by molar-refractivity contribution is -0.0590. The maximum absolute atomic E-state index is 10.2. The van der Waals surface area contributed by atoms with Crippen LogP contribution in [0.3, 0.4) is 0 Å². The van der Waals surface area contributed by atoms with Crippen LogP contribution in [0.25, 0.3) is 0 Å². The van der Waals surface area contributed by atoms with Crippen LogP contribution in [0.15, 0.2) is 11.6 Å². The van der Waals surface area contributed by atoms with Crippen LogP contribution in [0.1, 0.15) is 72.1 Å². The van der Waals surface area contributed by atoms with Crippen LogP contribution in [-0.2, 0) is 0 Å². The molecule has 0 aromatic rings. The second-order valence-corrected chi connectivity index (χ2v) is 12.5. The van der Waals surface area contributed by atoms with Gasteiger partial charge in [0.25, 0.3) is 0 Å². The van der Waals surface area contributed by atoms with E-state index in [1.54, 1.807) is 5.57 Å². The van der Waals surface area contributed by atoms with Gasteiger partial charge in [-0.25, -0.2) is 0 Å². The van der Waals surface area contributed by atoms with Crippen molar-refractivity contribution in [3.05, 3.63) is 11.6 Å². The van der Waals surface area contributed by atoms with E-state index in [9.17, 15) is 5.11 Å². The molecule has 0 amide bonds. The first-order valence-corrected chi connectivity index (χ1v) is 13.1. The third-order valence-corrected chi connectivity index (χ3v) is 11.0. The van der Waals surface area contributed by atoms with Crippen molar-refractivity contribution < 1.29 is 5.11 Å². The number of aliphatic hydroxyl groups excluding tert-OH is 1. The lowest BCUT2D eigenvalue weighted by Gasteiger charge is -2.58. The van der Waals surface area contributed by atoms with Gasteiger partial charge in [0.05, 0.1) is 6.10 Å². The predicted octanol–water partition coefficient (Wildman–Crippen LogP) is 4.81. The lowest BCUT2D eigenvalue weighted by Crippen LogP contribution is -2.51. The molecule has 0 spiro atoms. The van der Waals surface area contributed by atoms with Gasteiger partial charge in [-0.05, 0) is 98.8 Å². The lowest BCUT2D eigenvalue weighted by atomic mass is 9.47. The standard InChI is InChI=1S/C27H46N2O/c1-19(18-29-15-13-28(4)14-16-29)23-7-8-24-22-6-5-20-17-21(30)9-11-26(20,2)25(22)10-12-27(23,24)3/h5,19,21-25,30H,6-18H2,1-4H3/t19-,21+,22?,23-,24?,25?,26+,27-/m1/s1. The fourth-order valence-electron chi connectivity index (χ4n) is 9.18. The molecule has 3 unspecified atom stereocenters. The fourth-order valence-corrected chi connectivity index (χ4v) is 9.18. The minimum Gasteiger partial charge on any atom is -0.393 e. The first kappa shape index (κ1) is 21.5. The molecule has 5 aliphatic rings. The molecule has 30 heavy (non-hydrogen) atoms. The molecule has 0 radical (unpaired) electrons. The smallest absolute Gasteiger partial charge is 0.0577 e. The van der Waals surface area contributed by atoms with Gasteiger partial charge in [0.1, 0.15) is 0 Å². The number of piperazine rings is 1. The van der Waals surface area contributed by atoms with Crippen LogP contribution >= 0.6 is 0 Å². The van der Waals surface area contributed by atoms with Gasteiger partial charge in [-0.2, -0.15) is 0 Å². The topological polar surface area (TPSA) is 26.7 Å². The monoisotopic (exact) mass is 414 g/mol. The zero-order valence-corrected chi connectivity index (χ0v) is 20.1. The summed E-state index contributed by atoms with van der Waals surface area (Å²) in [4.78, 5) is 5.22. The Labute approximate surface area is 185 Å². The van der Waals surface area contributed by atoms with E-state index < -0.39 is 0 Å². The van der Waals surface area contributed by atoms with E-state index in [0.717, 1.165) is 42.4 Å². The Bertz CT molecular complexity index is 668. The molecular formula is C27H46N2O. The zero-order chi connectivity index (χ0) is 21.1. The van der Waals surface area contributed by atoms with Crippen LogP contribution in [0.4, 0.5) is 0 Å². The van der Waals surface area contributed by atoms with E-state index in [4.69, 9.17) is 0 Å². The molecule has 170 valence electrons. The van der Waals surface area contributed by atoms with Crippen molar-refractivity contribution in [3.8, 4) is 0 Å². The van der Waals surface area contributed by atoms with Gasteiger partial charge in [0.2, 0.25) is 0 Å². The van der Waals surface area contributed by atoms with Gasteiger partial charge in [0, 0.05) is 32.7 Å². The highest BCUT2D eigenvalue weighted by molar-refractivity contribution is 5.25. The summed E-state index contributed by atoms with van der Waals surface area (Å²) in [6.45, 7) is 14.1. The Morgan fingerprint density at radius 1 is 1.03 bits per heavy atom. The van der Waals surface area contributed by atoms with Gasteiger partial charge in [-0.1, -0.05) is 32.4 Å². The number of allylic oxidation sites excluding steroid dienone is 1. The van der Waals surface area contributed by atoms with Crippen LogP contribution in [0.2, 0.25) is 0 Å². The molecule has 4 aliphatic carbocycles. The summed E-state index contributed by atoms with van der Waals surface area (Å²) in [6.07, 6.45) is 12.8. The highest BCUT2D eigenvalue weighted by atomic mass is 16.3. The third kappa shape index (κ3) is 3.42. The van der Waals surface area contributed by atoms with Crippen molar-refractivity contribution in [2.45, 2.75) is 78.2 Å².